The van der Waals surface area contributed by atoms with Gasteiger partial charge in [0, 0.05) is 23.9 Å². The van der Waals surface area contributed by atoms with Crippen molar-refractivity contribution in [3.63, 3.8) is 0 Å². The molecule has 2 aromatic carbocycles. The molecule has 160 valence electrons. The van der Waals surface area contributed by atoms with E-state index in [1.54, 1.807) is 9.80 Å². The van der Waals surface area contributed by atoms with Gasteiger partial charge in [-0.05, 0) is 23.3 Å². The fraction of sp³-hybridized carbons (Fsp3) is 0.385. The average molecular weight is 417 g/mol. The number of carbonyl (C=O) groups is 2. The van der Waals surface area contributed by atoms with Gasteiger partial charge in [0.1, 0.15) is 0 Å². The van der Waals surface area contributed by atoms with Crippen LogP contribution in [0.5, 0.6) is 0 Å². The highest BCUT2D eigenvalue weighted by Crippen LogP contribution is 2.42. The SMILES string of the molecule is CC(C)C#Cc1ccc([C@@H]2[C@H](CO)N3C(=O)CN(C(=O)Cc4ccccc4)C[C@@H]23)cc1. The minimum Gasteiger partial charge on any atom is -0.394 e. The van der Waals surface area contributed by atoms with Gasteiger partial charge in [-0.15, -0.1) is 0 Å². The first kappa shape index (κ1) is 21.1. The Morgan fingerprint density at radius 2 is 1.84 bits per heavy atom. The number of aliphatic hydroxyl groups excluding tert-OH is 1. The summed E-state index contributed by atoms with van der Waals surface area (Å²) in [7, 11) is 0. The van der Waals surface area contributed by atoms with Gasteiger partial charge in [0.05, 0.1) is 31.7 Å². The summed E-state index contributed by atoms with van der Waals surface area (Å²) in [6.07, 6.45) is 0.290. The second-order valence-corrected chi connectivity index (χ2v) is 8.63. The van der Waals surface area contributed by atoms with E-state index in [4.69, 9.17) is 0 Å². The first-order valence-corrected chi connectivity index (χ1v) is 10.8. The predicted molar refractivity (Wildman–Crippen MR) is 119 cm³/mol. The smallest absolute Gasteiger partial charge is 0.242 e. The Morgan fingerprint density at radius 3 is 2.48 bits per heavy atom. The number of benzene rings is 2. The highest BCUT2D eigenvalue weighted by Gasteiger charge is 2.54. The van der Waals surface area contributed by atoms with E-state index in [-0.39, 0.29) is 49.4 Å². The number of piperazine rings is 1. The van der Waals surface area contributed by atoms with Gasteiger partial charge < -0.3 is 14.9 Å². The molecular formula is C26H28N2O3. The molecule has 2 fully saturated rings. The molecule has 0 aromatic heterocycles. The van der Waals surface area contributed by atoms with Crippen LogP contribution >= 0.6 is 0 Å². The summed E-state index contributed by atoms with van der Waals surface area (Å²) in [6, 6.07) is 17.3. The molecule has 0 saturated carbocycles. The van der Waals surface area contributed by atoms with Crippen molar-refractivity contribution < 1.29 is 14.7 Å². The third kappa shape index (κ3) is 4.35. The third-order valence-electron chi connectivity index (χ3n) is 6.10. The van der Waals surface area contributed by atoms with Crippen LogP contribution in [0.1, 0.15) is 36.5 Å². The molecule has 0 spiro atoms. The molecule has 2 aliphatic rings. The highest BCUT2D eigenvalue weighted by molar-refractivity contribution is 5.88. The summed E-state index contributed by atoms with van der Waals surface area (Å²) in [5.41, 5.74) is 2.97. The van der Waals surface area contributed by atoms with E-state index < -0.39 is 0 Å². The Balaban J connectivity index is 1.50. The Hall–Kier alpha value is -3.10. The van der Waals surface area contributed by atoms with E-state index in [0.29, 0.717) is 12.5 Å². The zero-order chi connectivity index (χ0) is 22.0. The van der Waals surface area contributed by atoms with Gasteiger partial charge in [0.25, 0.3) is 0 Å². The zero-order valence-electron chi connectivity index (χ0n) is 18.0. The molecule has 2 aliphatic heterocycles. The van der Waals surface area contributed by atoms with Crippen molar-refractivity contribution in [1.82, 2.24) is 9.80 Å². The summed E-state index contributed by atoms with van der Waals surface area (Å²) in [5, 5.41) is 9.95. The van der Waals surface area contributed by atoms with Crippen molar-refractivity contribution in [3.05, 3.63) is 71.3 Å². The van der Waals surface area contributed by atoms with Gasteiger partial charge in [0.2, 0.25) is 11.8 Å². The van der Waals surface area contributed by atoms with Crippen LogP contribution < -0.4 is 0 Å². The van der Waals surface area contributed by atoms with E-state index in [0.717, 1.165) is 16.7 Å². The van der Waals surface area contributed by atoms with Crippen molar-refractivity contribution in [3.8, 4) is 11.8 Å². The summed E-state index contributed by atoms with van der Waals surface area (Å²) >= 11 is 0. The summed E-state index contributed by atoms with van der Waals surface area (Å²) in [5.74, 6) is 6.52. The molecular weight excluding hydrogens is 388 g/mol. The number of hydrogen-bond acceptors (Lipinski definition) is 3. The summed E-state index contributed by atoms with van der Waals surface area (Å²) in [6.45, 7) is 4.60. The van der Waals surface area contributed by atoms with Crippen molar-refractivity contribution >= 4 is 11.8 Å². The Labute approximate surface area is 183 Å². The number of nitrogens with zero attached hydrogens (tertiary/aromatic N) is 2. The van der Waals surface area contributed by atoms with Gasteiger partial charge in [-0.3, -0.25) is 9.59 Å². The van der Waals surface area contributed by atoms with Crippen LogP contribution in [0, 0.1) is 17.8 Å². The van der Waals surface area contributed by atoms with Gasteiger partial charge in [0.15, 0.2) is 0 Å². The van der Waals surface area contributed by atoms with E-state index >= 15 is 0 Å². The Kier molecular flexibility index (Phi) is 6.11. The monoisotopic (exact) mass is 416 g/mol. The number of amides is 2. The molecule has 5 nitrogen and oxygen atoms in total. The highest BCUT2D eigenvalue weighted by atomic mass is 16.3. The first-order chi connectivity index (χ1) is 15.0. The van der Waals surface area contributed by atoms with Crippen LogP contribution in [0.2, 0.25) is 0 Å². The van der Waals surface area contributed by atoms with Crippen molar-refractivity contribution in [2.75, 3.05) is 19.7 Å². The molecule has 0 bridgehead atoms. The van der Waals surface area contributed by atoms with Gasteiger partial charge in [-0.1, -0.05) is 68.2 Å². The maximum atomic E-state index is 12.8. The maximum Gasteiger partial charge on any atom is 0.242 e. The number of rotatable bonds is 4. The van der Waals surface area contributed by atoms with Crippen LogP contribution in [0.15, 0.2) is 54.6 Å². The molecule has 3 atom stereocenters. The van der Waals surface area contributed by atoms with Crippen LogP contribution in [0.3, 0.4) is 0 Å². The Morgan fingerprint density at radius 1 is 1.13 bits per heavy atom. The standard InChI is InChI=1S/C26H28N2O3/c1-18(2)8-9-19-10-12-21(13-11-19)26-22-15-27(16-25(31)28(22)23(26)17-29)24(30)14-20-6-4-3-5-7-20/h3-7,10-13,18,22-23,26,29H,14-17H2,1-2H3/t22-,23-,26-/m0/s1. The summed E-state index contributed by atoms with van der Waals surface area (Å²) < 4.78 is 0. The van der Waals surface area contributed by atoms with Crippen LogP contribution in [-0.4, -0.2) is 58.5 Å². The van der Waals surface area contributed by atoms with Gasteiger partial charge >= 0.3 is 0 Å². The molecule has 1 N–H and O–H groups in total. The quantitative estimate of drug-likeness (QED) is 0.779. The molecule has 2 saturated heterocycles. The number of hydrogen-bond donors (Lipinski definition) is 1. The lowest BCUT2D eigenvalue weighted by Crippen LogP contribution is -2.73. The zero-order valence-corrected chi connectivity index (χ0v) is 18.0. The average Bonchev–Trinajstić information content (AvgIpc) is 2.75. The van der Waals surface area contributed by atoms with Crippen LogP contribution in [0.4, 0.5) is 0 Å². The number of aliphatic hydroxyl groups is 1. The molecule has 0 radical (unpaired) electrons. The van der Waals surface area contributed by atoms with Gasteiger partial charge in [-0.25, -0.2) is 0 Å². The molecule has 5 heteroatoms. The van der Waals surface area contributed by atoms with E-state index in [1.165, 1.54) is 0 Å². The molecule has 2 heterocycles. The number of carbonyl (C=O) groups excluding carboxylic acids is 2. The second kappa shape index (κ2) is 8.95. The van der Waals surface area contributed by atoms with E-state index in [1.807, 2.05) is 54.6 Å². The fourth-order valence-electron chi connectivity index (χ4n) is 4.59. The normalized spacial score (nSPS) is 22.5. The molecule has 2 amide bonds. The lowest BCUT2D eigenvalue weighted by Gasteiger charge is -2.58. The summed E-state index contributed by atoms with van der Waals surface area (Å²) in [4.78, 5) is 29.1. The topological polar surface area (TPSA) is 60.9 Å². The van der Waals surface area contributed by atoms with E-state index in [2.05, 4.69) is 25.7 Å². The predicted octanol–water partition coefficient (Wildman–Crippen LogP) is 2.43. The molecule has 31 heavy (non-hydrogen) atoms. The van der Waals surface area contributed by atoms with Crippen LogP contribution in [0.25, 0.3) is 0 Å². The number of fused-ring (bicyclic) bond motifs is 1. The lowest BCUT2D eigenvalue weighted by atomic mass is 9.73. The van der Waals surface area contributed by atoms with Crippen LogP contribution in [-0.2, 0) is 16.0 Å². The maximum absolute atomic E-state index is 12.8. The van der Waals surface area contributed by atoms with Crippen molar-refractivity contribution in [2.24, 2.45) is 5.92 Å². The van der Waals surface area contributed by atoms with Crippen molar-refractivity contribution in [1.29, 1.82) is 0 Å². The first-order valence-electron chi connectivity index (χ1n) is 10.8. The van der Waals surface area contributed by atoms with Gasteiger partial charge in [-0.2, -0.15) is 0 Å². The third-order valence-corrected chi connectivity index (χ3v) is 6.10. The minimum absolute atomic E-state index is 0.00776. The second-order valence-electron chi connectivity index (χ2n) is 8.63. The fourth-order valence-corrected chi connectivity index (χ4v) is 4.59. The van der Waals surface area contributed by atoms with E-state index in [9.17, 15) is 14.7 Å². The van der Waals surface area contributed by atoms with Crippen molar-refractivity contribution in [2.45, 2.75) is 38.3 Å². The molecule has 0 unspecified atom stereocenters. The minimum atomic E-state index is -0.239. The Bertz CT molecular complexity index is 1000. The molecule has 2 aromatic rings. The molecule has 4 rings (SSSR count). The lowest BCUT2D eigenvalue weighted by molar-refractivity contribution is -0.166. The molecule has 0 aliphatic carbocycles. The largest absolute Gasteiger partial charge is 0.394 e.